The number of ether oxygens (including phenoxy) is 2. The number of hydrogen-bond donors (Lipinski definition) is 1. The molecule has 6 rings (SSSR count). The third-order valence-electron chi connectivity index (χ3n) is 6.71. The summed E-state index contributed by atoms with van der Waals surface area (Å²) in [6, 6.07) is 8.98. The first-order valence-corrected chi connectivity index (χ1v) is 11.5. The number of fused-ring (bicyclic) bond motifs is 2. The lowest BCUT2D eigenvalue weighted by molar-refractivity contribution is 0.0973. The maximum atomic E-state index is 5.69. The number of anilines is 4. The van der Waals surface area contributed by atoms with Gasteiger partial charge in [-0.05, 0) is 31.9 Å². The summed E-state index contributed by atoms with van der Waals surface area (Å²) >= 11 is 0. The minimum Gasteiger partial charge on any atom is -0.377 e. The molecule has 2 fully saturated rings. The van der Waals surface area contributed by atoms with Crippen LogP contribution < -0.4 is 14.7 Å². The van der Waals surface area contributed by atoms with Crippen molar-refractivity contribution >= 4 is 34.6 Å². The zero-order valence-corrected chi connectivity index (χ0v) is 18.6. The number of nitrogens with zero attached hydrogens (tertiary/aromatic N) is 6. The van der Waals surface area contributed by atoms with Crippen molar-refractivity contribution in [2.45, 2.75) is 32.4 Å². The molecule has 3 aliphatic heterocycles. The quantitative estimate of drug-likeness (QED) is 0.672. The molecular formula is C23H29N7O2. The van der Waals surface area contributed by atoms with Gasteiger partial charge in [0.2, 0.25) is 11.9 Å². The topological polar surface area (TPSA) is 82.6 Å². The molecular weight excluding hydrogens is 406 g/mol. The monoisotopic (exact) mass is 435 g/mol. The lowest BCUT2D eigenvalue weighted by atomic mass is 10.2. The molecule has 0 spiro atoms. The highest BCUT2D eigenvalue weighted by Gasteiger charge is 2.30. The summed E-state index contributed by atoms with van der Waals surface area (Å²) in [6.45, 7) is 9.57. The summed E-state index contributed by atoms with van der Waals surface area (Å²) < 4.78 is 11.3. The minimum atomic E-state index is 0.222. The molecule has 3 aromatic rings. The lowest BCUT2D eigenvalue weighted by Crippen LogP contribution is -2.46. The number of morpholine rings is 2. The summed E-state index contributed by atoms with van der Waals surface area (Å²) in [5.74, 6) is 2.46. The fourth-order valence-corrected chi connectivity index (χ4v) is 4.95. The Balaban J connectivity index is 1.47. The zero-order chi connectivity index (χ0) is 21.7. The van der Waals surface area contributed by atoms with E-state index in [4.69, 9.17) is 24.4 Å². The number of hydrogen-bond acceptors (Lipinski definition) is 8. The molecule has 9 nitrogen and oxygen atoms in total. The van der Waals surface area contributed by atoms with E-state index in [0.717, 1.165) is 49.3 Å². The van der Waals surface area contributed by atoms with Gasteiger partial charge in [0.05, 0.1) is 38.5 Å². The Hall–Kier alpha value is -2.91. The van der Waals surface area contributed by atoms with Crippen LogP contribution in [0, 0.1) is 0 Å². The fraction of sp³-hybridized carbons (Fsp3) is 0.522. The van der Waals surface area contributed by atoms with Gasteiger partial charge in [-0.15, -0.1) is 0 Å². The molecule has 1 aromatic carbocycles. The molecule has 2 atom stereocenters. The van der Waals surface area contributed by atoms with E-state index >= 15 is 0 Å². The van der Waals surface area contributed by atoms with E-state index < -0.39 is 0 Å². The third kappa shape index (κ3) is 3.27. The van der Waals surface area contributed by atoms with Crippen molar-refractivity contribution in [2.75, 3.05) is 60.8 Å². The largest absolute Gasteiger partial charge is 0.377 e. The number of aromatic amines is 1. The summed E-state index contributed by atoms with van der Waals surface area (Å²) in [7, 11) is 0. The van der Waals surface area contributed by atoms with Gasteiger partial charge < -0.3 is 29.2 Å². The van der Waals surface area contributed by atoms with Crippen molar-refractivity contribution in [1.29, 1.82) is 0 Å². The first-order chi connectivity index (χ1) is 15.7. The third-order valence-corrected chi connectivity index (χ3v) is 6.71. The number of H-pyrrole nitrogens is 1. The summed E-state index contributed by atoms with van der Waals surface area (Å²) in [5.41, 5.74) is 4.16. The molecule has 5 heterocycles. The van der Waals surface area contributed by atoms with Crippen molar-refractivity contribution in [3.8, 4) is 0 Å². The predicted octanol–water partition coefficient (Wildman–Crippen LogP) is 2.50. The SMILES string of the molecule is C[C@@H]1COCCN1c1nc(N2CCOC[C@@H]2C)nc2nc(N3CCc4ccccc43)[nH]c12. The summed E-state index contributed by atoms with van der Waals surface area (Å²) in [4.78, 5) is 25.3. The maximum Gasteiger partial charge on any atom is 0.229 e. The van der Waals surface area contributed by atoms with Crippen LogP contribution in [0.25, 0.3) is 11.2 Å². The van der Waals surface area contributed by atoms with Crippen LogP contribution in [0.4, 0.5) is 23.4 Å². The Bertz CT molecular complexity index is 1130. The number of imidazole rings is 1. The number of nitrogens with one attached hydrogen (secondary N) is 1. The van der Waals surface area contributed by atoms with Gasteiger partial charge >= 0.3 is 0 Å². The van der Waals surface area contributed by atoms with E-state index in [-0.39, 0.29) is 12.1 Å². The van der Waals surface area contributed by atoms with Crippen LogP contribution in [0.15, 0.2) is 24.3 Å². The van der Waals surface area contributed by atoms with Gasteiger partial charge in [0.25, 0.3) is 0 Å². The van der Waals surface area contributed by atoms with Crippen LogP contribution >= 0.6 is 0 Å². The highest BCUT2D eigenvalue weighted by Crippen LogP contribution is 2.36. The van der Waals surface area contributed by atoms with Crippen LogP contribution in [-0.4, -0.2) is 78.1 Å². The Morgan fingerprint density at radius 1 is 0.906 bits per heavy atom. The highest BCUT2D eigenvalue weighted by molar-refractivity contribution is 5.88. The molecule has 0 amide bonds. The zero-order valence-electron chi connectivity index (χ0n) is 18.6. The van der Waals surface area contributed by atoms with Gasteiger partial charge in [-0.2, -0.15) is 15.0 Å². The van der Waals surface area contributed by atoms with Crippen LogP contribution in [0.1, 0.15) is 19.4 Å². The molecule has 1 N–H and O–H groups in total. The van der Waals surface area contributed by atoms with Crippen LogP contribution in [0.3, 0.4) is 0 Å². The molecule has 3 aliphatic rings. The van der Waals surface area contributed by atoms with E-state index in [9.17, 15) is 0 Å². The van der Waals surface area contributed by atoms with E-state index in [2.05, 4.69) is 57.8 Å². The standard InChI is InChI=1S/C23H29N7O2/c1-15-13-31-11-9-28(15)21-19-20(26-23(27-21)29-10-12-32-14-16(29)2)25-22(24-19)30-8-7-17-5-3-4-6-18(17)30/h3-6,15-16H,7-14H2,1-2H3,(H,24,25,26,27)/t15-,16+/m1/s1. The second-order valence-corrected chi connectivity index (χ2v) is 8.87. The Morgan fingerprint density at radius 3 is 2.44 bits per heavy atom. The second kappa shape index (κ2) is 7.90. The first-order valence-electron chi connectivity index (χ1n) is 11.5. The Labute approximate surface area is 187 Å². The molecule has 32 heavy (non-hydrogen) atoms. The number of rotatable bonds is 3. The molecule has 0 radical (unpaired) electrons. The summed E-state index contributed by atoms with van der Waals surface area (Å²) in [5, 5.41) is 0. The van der Waals surface area contributed by atoms with Crippen molar-refractivity contribution < 1.29 is 9.47 Å². The van der Waals surface area contributed by atoms with Gasteiger partial charge in [-0.25, -0.2) is 0 Å². The average molecular weight is 436 g/mol. The van der Waals surface area contributed by atoms with E-state index in [1.54, 1.807) is 0 Å². The van der Waals surface area contributed by atoms with Crippen LogP contribution in [0.2, 0.25) is 0 Å². The fourth-order valence-electron chi connectivity index (χ4n) is 4.95. The van der Waals surface area contributed by atoms with E-state index in [0.29, 0.717) is 32.1 Å². The van der Waals surface area contributed by atoms with Crippen molar-refractivity contribution in [3.63, 3.8) is 0 Å². The molecule has 9 heteroatoms. The van der Waals surface area contributed by atoms with E-state index in [1.807, 2.05) is 0 Å². The summed E-state index contributed by atoms with van der Waals surface area (Å²) in [6.07, 6.45) is 1.02. The molecule has 0 bridgehead atoms. The second-order valence-electron chi connectivity index (χ2n) is 8.87. The van der Waals surface area contributed by atoms with Crippen molar-refractivity contribution in [1.82, 2.24) is 19.9 Å². The molecule has 0 saturated carbocycles. The van der Waals surface area contributed by atoms with Crippen molar-refractivity contribution in [2.24, 2.45) is 0 Å². The number of para-hydroxylation sites is 1. The lowest BCUT2D eigenvalue weighted by Gasteiger charge is -2.36. The van der Waals surface area contributed by atoms with Crippen LogP contribution in [0.5, 0.6) is 0 Å². The molecule has 2 aromatic heterocycles. The smallest absolute Gasteiger partial charge is 0.229 e. The Morgan fingerprint density at radius 2 is 1.66 bits per heavy atom. The van der Waals surface area contributed by atoms with Gasteiger partial charge in [0.1, 0.15) is 5.52 Å². The number of benzene rings is 1. The van der Waals surface area contributed by atoms with Gasteiger partial charge in [0, 0.05) is 25.3 Å². The first kappa shape index (κ1) is 19.8. The molecule has 168 valence electrons. The van der Waals surface area contributed by atoms with Gasteiger partial charge in [-0.3, -0.25) is 0 Å². The van der Waals surface area contributed by atoms with E-state index in [1.165, 1.54) is 11.3 Å². The minimum absolute atomic E-state index is 0.222. The molecule has 0 aliphatic carbocycles. The number of aromatic nitrogens is 4. The highest BCUT2D eigenvalue weighted by atomic mass is 16.5. The average Bonchev–Trinajstić information content (AvgIpc) is 3.43. The molecule has 2 saturated heterocycles. The normalized spacial score (nSPS) is 23.8. The maximum absolute atomic E-state index is 5.69. The predicted molar refractivity (Wildman–Crippen MR) is 124 cm³/mol. The van der Waals surface area contributed by atoms with Crippen LogP contribution in [-0.2, 0) is 15.9 Å². The molecule has 0 unspecified atom stereocenters. The Kier molecular flexibility index (Phi) is 4.87. The van der Waals surface area contributed by atoms with Gasteiger partial charge in [0.15, 0.2) is 11.5 Å². The van der Waals surface area contributed by atoms with Crippen molar-refractivity contribution in [3.05, 3.63) is 29.8 Å². The van der Waals surface area contributed by atoms with Gasteiger partial charge in [-0.1, -0.05) is 18.2 Å².